The fourth-order valence-electron chi connectivity index (χ4n) is 2.69. The SMILES string of the molecule is CCc1ccc([C@H]2CN(Cc3cncnc3)CCO2)cc1. The van der Waals surface area contributed by atoms with Crippen molar-refractivity contribution in [3.63, 3.8) is 0 Å². The molecule has 1 atom stereocenters. The van der Waals surface area contributed by atoms with Crippen LogP contribution in [0.15, 0.2) is 43.0 Å². The number of benzene rings is 1. The molecule has 2 aromatic rings. The van der Waals surface area contributed by atoms with E-state index in [2.05, 4.69) is 46.1 Å². The lowest BCUT2D eigenvalue weighted by Gasteiger charge is -2.33. The summed E-state index contributed by atoms with van der Waals surface area (Å²) < 4.78 is 5.93. The van der Waals surface area contributed by atoms with Crippen LogP contribution in [-0.4, -0.2) is 34.6 Å². The lowest BCUT2D eigenvalue weighted by atomic mass is 10.0. The zero-order chi connectivity index (χ0) is 14.5. The zero-order valence-electron chi connectivity index (χ0n) is 12.4. The van der Waals surface area contributed by atoms with Crippen molar-refractivity contribution in [2.45, 2.75) is 26.0 Å². The largest absolute Gasteiger partial charge is 0.371 e. The lowest BCUT2D eigenvalue weighted by molar-refractivity contribution is -0.0329. The van der Waals surface area contributed by atoms with Gasteiger partial charge in [0, 0.05) is 37.6 Å². The molecule has 0 spiro atoms. The molecule has 2 heterocycles. The second kappa shape index (κ2) is 6.78. The predicted molar refractivity (Wildman–Crippen MR) is 81.8 cm³/mol. The van der Waals surface area contributed by atoms with Crippen LogP contribution in [0.1, 0.15) is 29.7 Å². The molecule has 0 amide bonds. The summed E-state index contributed by atoms with van der Waals surface area (Å²) in [5, 5.41) is 0. The third-order valence-electron chi connectivity index (χ3n) is 3.93. The molecule has 1 aromatic heterocycles. The molecule has 3 rings (SSSR count). The molecule has 4 nitrogen and oxygen atoms in total. The molecule has 0 aliphatic carbocycles. The van der Waals surface area contributed by atoms with Crippen LogP contribution in [0, 0.1) is 0 Å². The van der Waals surface area contributed by atoms with Gasteiger partial charge in [-0.1, -0.05) is 31.2 Å². The minimum absolute atomic E-state index is 0.161. The fourth-order valence-corrected chi connectivity index (χ4v) is 2.69. The van der Waals surface area contributed by atoms with Gasteiger partial charge in [0.1, 0.15) is 6.33 Å². The van der Waals surface area contributed by atoms with Crippen LogP contribution in [0.3, 0.4) is 0 Å². The summed E-state index contributed by atoms with van der Waals surface area (Å²) in [5.74, 6) is 0. The summed E-state index contributed by atoms with van der Waals surface area (Å²) in [5.41, 5.74) is 3.79. The Labute approximate surface area is 125 Å². The van der Waals surface area contributed by atoms with Gasteiger partial charge in [0.05, 0.1) is 12.7 Å². The summed E-state index contributed by atoms with van der Waals surface area (Å²) >= 11 is 0. The van der Waals surface area contributed by atoms with E-state index in [4.69, 9.17) is 4.74 Å². The smallest absolute Gasteiger partial charge is 0.115 e. The molecule has 0 bridgehead atoms. The van der Waals surface area contributed by atoms with Gasteiger partial charge >= 0.3 is 0 Å². The molecule has 1 aliphatic rings. The molecule has 1 fully saturated rings. The van der Waals surface area contributed by atoms with Crippen LogP contribution in [-0.2, 0) is 17.7 Å². The van der Waals surface area contributed by atoms with Crippen LogP contribution >= 0.6 is 0 Å². The molecule has 21 heavy (non-hydrogen) atoms. The van der Waals surface area contributed by atoms with E-state index in [1.54, 1.807) is 6.33 Å². The van der Waals surface area contributed by atoms with Crippen molar-refractivity contribution in [3.05, 3.63) is 59.7 Å². The van der Waals surface area contributed by atoms with Crippen molar-refractivity contribution in [3.8, 4) is 0 Å². The van der Waals surface area contributed by atoms with E-state index in [1.165, 1.54) is 11.1 Å². The summed E-state index contributed by atoms with van der Waals surface area (Å²) in [6.45, 7) is 5.70. The molecule has 1 aromatic carbocycles. The number of aromatic nitrogens is 2. The van der Waals surface area contributed by atoms with Gasteiger partial charge in [0.25, 0.3) is 0 Å². The molecule has 0 saturated carbocycles. The topological polar surface area (TPSA) is 38.2 Å². The van der Waals surface area contributed by atoms with Gasteiger partial charge in [0.2, 0.25) is 0 Å². The maximum Gasteiger partial charge on any atom is 0.115 e. The third kappa shape index (κ3) is 3.65. The van der Waals surface area contributed by atoms with Crippen LogP contribution in [0.2, 0.25) is 0 Å². The van der Waals surface area contributed by atoms with Crippen LogP contribution in [0.25, 0.3) is 0 Å². The van der Waals surface area contributed by atoms with E-state index in [0.29, 0.717) is 0 Å². The number of rotatable bonds is 4. The molecular weight excluding hydrogens is 262 g/mol. The standard InChI is InChI=1S/C17H21N3O/c1-2-14-3-5-16(6-4-14)17-12-20(7-8-21-17)11-15-9-18-13-19-10-15/h3-6,9-10,13,17H,2,7-8,11-12H2,1H3/t17-/m1/s1. The Morgan fingerprint density at radius 3 is 2.62 bits per heavy atom. The third-order valence-corrected chi connectivity index (χ3v) is 3.93. The first-order valence-electron chi connectivity index (χ1n) is 7.52. The predicted octanol–water partition coefficient (Wildman–Crippen LogP) is 2.61. The quantitative estimate of drug-likeness (QED) is 0.864. The summed E-state index contributed by atoms with van der Waals surface area (Å²) in [4.78, 5) is 10.6. The van der Waals surface area contributed by atoms with E-state index in [9.17, 15) is 0 Å². The second-order valence-electron chi connectivity index (χ2n) is 5.44. The van der Waals surface area contributed by atoms with Crippen LogP contribution < -0.4 is 0 Å². The Morgan fingerprint density at radius 2 is 1.90 bits per heavy atom. The number of ether oxygens (including phenoxy) is 1. The number of hydrogen-bond donors (Lipinski definition) is 0. The number of nitrogens with zero attached hydrogens (tertiary/aromatic N) is 3. The van der Waals surface area contributed by atoms with Gasteiger partial charge in [0.15, 0.2) is 0 Å². The molecule has 0 radical (unpaired) electrons. The highest BCUT2D eigenvalue weighted by atomic mass is 16.5. The van der Waals surface area contributed by atoms with Crippen molar-refractivity contribution in [2.75, 3.05) is 19.7 Å². The van der Waals surface area contributed by atoms with Crippen molar-refractivity contribution >= 4 is 0 Å². The monoisotopic (exact) mass is 283 g/mol. The van der Waals surface area contributed by atoms with Gasteiger partial charge < -0.3 is 4.74 Å². The first-order chi connectivity index (χ1) is 10.3. The average Bonchev–Trinajstić information content (AvgIpc) is 2.56. The van der Waals surface area contributed by atoms with Gasteiger partial charge in [-0.25, -0.2) is 9.97 Å². The van der Waals surface area contributed by atoms with Crippen molar-refractivity contribution in [1.29, 1.82) is 0 Å². The van der Waals surface area contributed by atoms with Gasteiger partial charge in [-0.15, -0.1) is 0 Å². The number of hydrogen-bond acceptors (Lipinski definition) is 4. The second-order valence-corrected chi connectivity index (χ2v) is 5.44. The minimum atomic E-state index is 0.161. The molecular formula is C17H21N3O. The van der Waals surface area contributed by atoms with E-state index in [0.717, 1.165) is 38.2 Å². The Kier molecular flexibility index (Phi) is 4.58. The molecule has 1 aliphatic heterocycles. The zero-order valence-corrected chi connectivity index (χ0v) is 12.4. The molecule has 110 valence electrons. The highest BCUT2D eigenvalue weighted by molar-refractivity contribution is 5.24. The Morgan fingerprint density at radius 1 is 1.14 bits per heavy atom. The summed E-state index contributed by atoms with van der Waals surface area (Å²) in [6, 6.07) is 8.78. The van der Waals surface area contributed by atoms with Gasteiger partial charge in [-0.3, -0.25) is 4.90 Å². The van der Waals surface area contributed by atoms with Gasteiger partial charge in [-0.05, 0) is 17.5 Å². The summed E-state index contributed by atoms with van der Waals surface area (Å²) in [6.07, 6.45) is 6.57. The molecule has 0 unspecified atom stereocenters. The maximum absolute atomic E-state index is 5.93. The number of morpholine rings is 1. The maximum atomic E-state index is 5.93. The highest BCUT2D eigenvalue weighted by Crippen LogP contribution is 2.23. The normalized spacial score (nSPS) is 19.6. The van der Waals surface area contributed by atoms with Crippen molar-refractivity contribution in [2.24, 2.45) is 0 Å². The molecule has 0 N–H and O–H groups in total. The lowest BCUT2D eigenvalue weighted by Crippen LogP contribution is -2.37. The Bertz CT molecular complexity index is 556. The Hall–Kier alpha value is -1.78. The average molecular weight is 283 g/mol. The first kappa shape index (κ1) is 14.2. The molecule has 1 saturated heterocycles. The first-order valence-corrected chi connectivity index (χ1v) is 7.52. The van der Waals surface area contributed by atoms with Crippen LogP contribution in [0.5, 0.6) is 0 Å². The molecule has 4 heteroatoms. The van der Waals surface area contributed by atoms with Crippen molar-refractivity contribution in [1.82, 2.24) is 14.9 Å². The van der Waals surface area contributed by atoms with E-state index in [-0.39, 0.29) is 6.10 Å². The van der Waals surface area contributed by atoms with Crippen LogP contribution in [0.4, 0.5) is 0 Å². The summed E-state index contributed by atoms with van der Waals surface area (Å²) in [7, 11) is 0. The van der Waals surface area contributed by atoms with E-state index in [1.807, 2.05) is 12.4 Å². The Balaban J connectivity index is 1.64. The number of aryl methyl sites for hydroxylation is 1. The van der Waals surface area contributed by atoms with Crippen molar-refractivity contribution < 1.29 is 4.74 Å². The van der Waals surface area contributed by atoms with E-state index < -0.39 is 0 Å². The fraction of sp³-hybridized carbons (Fsp3) is 0.412. The highest BCUT2D eigenvalue weighted by Gasteiger charge is 2.22. The minimum Gasteiger partial charge on any atom is -0.371 e. The van der Waals surface area contributed by atoms with Gasteiger partial charge in [-0.2, -0.15) is 0 Å². The van der Waals surface area contributed by atoms with E-state index >= 15 is 0 Å².